The van der Waals surface area contributed by atoms with Crippen LogP contribution in [0.15, 0.2) is 34.2 Å². The quantitative estimate of drug-likeness (QED) is 0.687. The highest BCUT2D eigenvalue weighted by atomic mass is 32.2. The van der Waals surface area contributed by atoms with Crippen molar-refractivity contribution in [3.63, 3.8) is 0 Å². The number of aliphatic hydroxyl groups excluding tert-OH is 1. The molecule has 1 aliphatic heterocycles. The maximum absolute atomic E-state index is 11.8. The van der Waals surface area contributed by atoms with Crippen molar-refractivity contribution in [2.24, 2.45) is 4.99 Å². The highest BCUT2D eigenvalue weighted by Gasteiger charge is 2.30. The first-order chi connectivity index (χ1) is 8.36. The summed E-state index contributed by atoms with van der Waals surface area (Å²) < 4.78 is 25.8. The van der Waals surface area contributed by atoms with Gasteiger partial charge in [-0.25, -0.2) is 8.42 Å². The molecule has 6 nitrogen and oxygen atoms in total. The summed E-state index contributed by atoms with van der Waals surface area (Å²) in [5.74, 6) is 0.194. The normalized spacial score (nSPS) is 22.3. The summed E-state index contributed by atoms with van der Waals surface area (Å²) >= 11 is 0. The van der Waals surface area contributed by atoms with Gasteiger partial charge in [0.05, 0.1) is 18.0 Å². The third-order valence-electron chi connectivity index (χ3n) is 2.58. The van der Waals surface area contributed by atoms with Gasteiger partial charge in [0.15, 0.2) is 0 Å². The molecule has 7 heteroatoms. The molecule has 3 N–H and O–H groups in total. The SMILES string of the molecule is CC(O)(CO)CN=C1NS(=O)(=O)c2ccccc21. The molecule has 1 atom stereocenters. The summed E-state index contributed by atoms with van der Waals surface area (Å²) in [5, 5.41) is 18.5. The average Bonchev–Trinajstić information content (AvgIpc) is 2.60. The van der Waals surface area contributed by atoms with Gasteiger partial charge < -0.3 is 10.2 Å². The maximum atomic E-state index is 11.8. The second-order valence-corrected chi connectivity index (χ2v) is 6.07. The summed E-state index contributed by atoms with van der Waals surface area (Å²) in [7, 11) is -3.55. The average molecular weight is 270 g/mol. The number of amidine groups is 1. The minimum absolute atomic E-state index is 0.0876. The van der Waals surface area contributed by atoms with Crippen molar-refractivity contribution in [2.75, 3.05) is 13.2 Å². The highest BCUT2D eigenvalue weighted by Crippen LogP contribution is 2.22. The molecule has 0 saturated heterocycles. The number of fused-ring (bicyclic) bond motifs is 1. The lowest BCUT2D eigenvalue weighted by Gasteiger charge is -2.17. The topological polar surface area (TPSA) is 99.0 Å². The molecule has 18 heavy (non-hydrogen) atoms. The Balaban J connectivity index is 2.37. The molecule has 0 spiro atoms. The first-order valence-electron chi connectivity index (χ1n) is 5.36. The van der Waals surface area contributed by atoms with E-state index in [1.165, 1.54) is 13.0 Å². The van der Waals surface area contributed by atoms with Gasteiger partial charge in [-0.15, -0.1) is 0 Å². The van der Waals surface area contributed by atoms with Crippen molar-refractivity contribution in [1.82, 2.24) is 4.72 Å². The Bertz CT molecular complexity index is 593. The Labute approximate surface area is 105 Å². The van der Waals surface area contributed by atoms with Crippen molar-refractivity contribution in [1.29, 1.82) is 0 Å². The number of benzene rings is 1. The maximum Gasteiger partial charge on any atom is 0.263 e. The van der Waals surface area contributed by atoms with Gasteiger partial charge in [-0.1, -0.05) is 12.1 Å². The summed E-state index contributed by atoms with van der Waals surface area (Å²) in [4.78, 5) is 4.19. The van der Waals surface area contributed by atoms with Crippen LogP contribution >= 0.6 is 0 Å². The van der Waals surface area contributed by atoms with Crippen LogP contribution in [0.2, 0.25) is 0 Å². The standard InChI is InChI=1S/C11H14N2O4S/c1-11(15,7-14)6-12-10-8-4-2-3-5-9(8)18(16,17)13-10/h2-5,14-15H,6-7H2,1H3,(H,12,13). The van der Waals surface area contributed by atoms with E-state index in [-0.39, 0.29) is 17.3 Å². The van der Waals surface area contributed by atoms with E-state index in [1.54, 1.807) is 18.2 Å². The van der Waals surface area contributed by atoms with Crippen molar-refractivity contribution < 1.29 is 18.6 Å². The molecular formula is C11H14N2O4S. The third-order valence-corrected chi connectivity index (χ3v) is 3.98. The molecule has 0 saturated carbocycles. The van der Waals surface area contributed by atoms with Crippen LogP contribution in [-0.2, 0) is 10.0 Å². The molecule has 0 radical (unpaired) electrons. The van der Waals surface area contributed by atoms with Crippen molar-refractivity contribution >= 4 is 15.9 Å². The van der Waals surface area contributed by atoms with Gasteiger partial charge in [-0.2, -0.15) is 0 Å². The minimum atomic E-state index is -3.55. The van der Waals surface area contributed by atoms with Gasteiger partial charge in [0.25, 0.3) is 10.0 Å². The number of nitrogens with one attached hydrogen (secondary N) is 1. The summed E-state index contributed by atoms with van der Waals surface area (Å²) in [5.41, 5.74) is -0.887. The fourth-order valence-corrected chi connectivity index (χ4v) is 2.80. The molecule has 1 aromatic carbocycles. The van der Waals surface area contributed by atoms with Gasteiger partial charge in [0, 0.05) is 5.56 Å². The number of sulfonamides is 1. The molecule has 0 amide bonds. The van der Waals surface area contributed by atoms with E-state index in [0.29, 0.717) is 5.56 Å². The number of nitrogens with zero attached hydrogens (tertiary/aromatic N) is 1. The smallest absolute Gasteiger partial charge is 0.263 e. The molecule has 2 rings (SSSR count). The zero-order valence-corrected chi connectivity index (χ0v) is 10.6. The van der Waals surface area contributed by atoms with Crippen LogP contribution in [0.3, 0.4) is 0 Å². The van der Waals surface area contributed by atoms with E-state index in [4.69, 9.17) is 5.11 Å². The zero-order valence-electron chi connectivity index (χ0n) is 9.79. The molecule has 1 unspecified atom stereocenters. The number of aliphatic hydroxyl groups is 2. The van der Waals surface area contributed by atoms with Crippen LogP contribution < -0.4 is 4.72 Å². The van der Waals surface area contributed by atoms with Gasteiger partial charge >= 0.3 is 0 Å². The van der Waals surface area contributed by atoms with Crippen molar-refractivity contribution in [3.05, 3.63) is 29.8 Å². The Morgan fingerprint density at radius 1 is 1.39 bits per heavy atom. The lowest BCUT2D eigenvalue weighted by Crippen LogP contribution is -2.34. The fraction of sp³-hybridized carbons (Fsp3) is 0.364. The lowest BCUT2D eigenvalue weighted by atomic mass is 10.1. The molecule has 1 aliphatic rings. The molecule has 1 aromatic rings. The van der Waals surface area contributed by atoms with E-state index in [0.717, 1.165) is 0 Å². The van der Waals surface area contributed by atoms with Gasteiger partial charge in [-0.05, 0) is 19.1 Å². The predicted octanol–water partition coefficient (Wildman–Crippen LogP) is -0.532. The van der Waals surface area contributed by atoms with E-state index < -0.39 is 22.2 Å². The van der Waals surface area contributed by atoms with E-state index in [1.807, 2.05) is 0 Å². The third kappa shape index (κ3) is 2.38. The van der Waals surface area contributed by atoms with Crippen LogP contribution in [-0.4, -0.2) is 43.2 Å². The van der Waals surface area contributed by atoms with Crippen LogP contribution in [0.1, 0.15) is 12.5 Å². The molecule has 0 bridgehead atoms. The molecule has 1 heterocycles. The molecule has 0 fully saturated rings. The summed E-state index contributed by atoms with van der Waals surface area (Å²) in [6.07, 6.45) is 0. The molecule has 0 aromatic heterocycles. The Hall–Kier alpha value is -1.44. The van der Waals surface area contributed by atoms with E-state index >= 15 is 0 Å². The largest absolute Gasteiger partial charge is 0.393 e. The molecule has 0 aliphatic carbocycles. The van der Waals surface area contributed by atoms with Crippen LogP contribution in [0.5, 0.6) is 0 Å². The first kappa shape index (κ1) is 13.0. The van der Waals surface area contributed by atoms with Crippen LogP contribution in [0.25, 0.3) is 0 Å². The second-order valence-electron chi connectivity index (χ2n) is 4.42. The zero-order chi connectivity index (χ0) is 13.4. The van der Waals surface area contributed by atoms with Crippen LogP contribution in [0, 0.1) is 0 Å². The lowest BCUT2D eigenvalue weighted by molar-refractivity contribution is 0.0102. The number of hydrogen-bond donors (Lipinski definition) is 3. The fourth-order valence-electron chi connectivity index (χ4n) is 1.55. The monoisotopic (exact) mass is 270 g/mol. The van der Waals surface area contributed by atoms with E-state index in [9.17, 15) is 13.5 Å². The predicted molar refractivity (Wildman–Crippen MR) is 65.9 cm³/mol. The Kier molecular flexibility index (Phi) is 3.14. The van der Waals surface area contributed by atoms with Crippen molar-refractivity contribution in [3.8, 4) is 0 Å². The summed E-state index contributed by atoms with van der Waals surface area (Å²) in [6, 6.07) is 6.47. The van der Waals surface area contributed by atoms with Crippen molar-refractivity contribution in [2.45, 2.75) is 17.4 Å². The Morgan fingerprint density at radius 3 is 2.72 bits per heavy atom. The first-order valence-corrected chi connectivity index (χ1v) is 6.84. The summed E-state index contributed by atoms with van der Waals surface area (Å²) in [6.45, 7) is 0.889. The van der Waals surface area contributed by atoms with Gasteiger partial charge in [0.2, 0.25) is 0 Å². The number of rotatable bonds is 3. The molecule has 98 valence electrons. The van der Waals surface area contributed by atoms with E-state index in [2.05, 4.69) is 9.71 Å². The molecular weight excluding hydrogens is 256 g/mol. The van der Waals surface area contributed by atoms with Gasteiger partial charge in [0.1, 0.15) is 11.4 Å². The Morgan fingerprint density at radius 2 is 2.06 bits per heavy atom. The second kappa shape index (κ2) is 4.34. The highest BCUT2D eigenvalue weighted by molar-refractivity contribution is 7.90. The minimum Gasteiger partial charge on any atom is -0.393 e. The number of hydrogen-bond acceptors (Lipinski definition) is 5. The van der Waals surface area contributed by atoms with Gasteiger partial charge in [-0.3, -0.25) is 9.71 Å². The van der Waals surface area contributed by atoms with Crippen LogP contribution in [0.4, 0.5) is 0 Å². The number of aliphatic imine (C=N–C) groups is 1.